The maximum absolute atomic E-state index is 5.25. The van der Waals surface area contributed by atoms with Gasteiger partial charge in [-0.3, -0.25) is 0 Å². The van der Waals surface area contributed by atoms with Gasteiger partial charge in [0.15, 0.2) is 0 Å². The predicted molar refractivity (Wildman–Crippen MR) is 32.8 cm³/mol. The molecular weight excluding hydrogens is 282 g/mol. The van der Waals surface area contributed by atoms with Crippen LogP contribution >= 0.6 is 0 Å². The summed E-state index contributed by atoms with van der Waals surface area (Å²) in [4.78, 5) is 0. The summed E-state index contributed by atoms with van der Waals surface area (Å²) in [6.45, 7) is 0. The van der Waals surface area contributed by atoms with Crippen molar-refractivity contribution in [3.05, 3.63) is 25.7 Å². The van der Waals surface area contributed by atoms with Crippen LogP contribution in [-0.4, -0.2) is 0 Å². The Labute approximate surface area is 72.1 Å². The zero-order valence-electron chi connectivity index (χ0n) is 4.69. The van der Waals surface area contributed by atoms with E-state index in [1.165, 1.54) is 0 Å². The van der Waals surface area contributed by atoms with Crippen LogP contribution in [0.2, 0.25) is 0 Å². The third kappa shape index (κ3) is 138. The second-order valence-electron chi connectivity index (χ2n) is 0. The summed E-state index contributed by atoms with van der Waals surface area (Å²) in [5.74, 6) is 0. The van der Waals surface area contributed by atoms with E-state index in [2.05, 4.69) is 25.7 Å². The van der Waals surface area contributed by atoms with Crippen LogP contribution in [0.1, 0.15) is 0 Å². The molecule has 0 aromatic heterocycles. The second-order valence-corrected chi connectivity index (χ2v) is 0. The average Bonchev–Trinajstić information content (AvgIpc) is 2.03. The first kappa shape index (κ1) is 44.7. The fraction of sp³-hybridized carbons (Fsp3) is 0. The molecule has 1 radical (unpaired) electrons. The number of hydrogen-bond donors (Lipinski definition) is 0. The van der Waals surface area contributed by atoms with Gasteiger partial charge in [-0.25, -0.2) is 0 Å². The topological polar surface area (TPSA) is 0 Å². The third-order valence-corrected chi connectivity index (χ3v) is 0. The molecule has 0 aromatic carbocycles. The van der Waals surface area contributed by atoms with Crippen LogP contribution in [0.5, 0.6) is 0 Å². The van der Waals surface area contributed by atoms with E-state index in [0.29, 0.717) is 0 Å². The molecule has 9 heavy (non-hydrogen) atoms. The summed E-state index contributed by atoms with van der Waals surface area (Å²) < 4.78 is 0. The standard InChI is InChI=1S/4C2H.Re/c4*1-2;/h4*1H;/q4*-1;. The van der Waals surface area contributed by atoms with E-state index >= 15 is 0 Å². The van der Waals surface area contributed by atoms with Gasteiger partial charge < -0.3 is 51.4 Å². The SMILES string of the molecule is [C-]#C.[C-]#C.[C-]#C.[C-]#C.[Re]. The average molecular weight is 286 g/mol. The molecule has 0 rings (SSSR count). The van der Waals surface area contributed by atoms with Gasteiger partial charge in [0.2, 0.25) is 0 Å². The van der Waals surface area contributed by atoms with Gasteiger partial charge in [0.1, 0.15) is 0 Å². The summed E-state index contributed by atoms with van der Waals surface area (Å²) in [7, 11) is 0. The van der Waals surface area contributed by atoms with E-state index in [9.17, 15) is 0 Å². The Kier molecular flexibility index (Phi) is 991. The molecule has 0 bridgehead atoms. The molecule has 0 nitrogen and oxygen atoms in total. The first-order valence-electron chi connectivity index (χ1n) is 1.15. The fourth-order valence-corrected chi connectivity index (χ4v) is 0. The minimum Gasteiger partial charge on any atom is -0.697 e. The minimum atomic E-state index is 0. The van der Waals surface area contributed by atoms with Gasteiger partial charge in [0.25, 0.3) is 0 Å². The maximum atomic E-state index is 5.25. The molecule has 0 unspecified atom stereocenters. The molecule has 0 saturated carbocycles. The van der Waals surface area contributed by atoms with Crippen molar-refractivity contribution >= 4 is 0 Å². The monoisotopic (exact) mass is 287 g/mol. The van der Waals surface area contributed by atoms with E-state index in [1.54, 1.807) is 0 Å². The van der Waals surface area contributed by atoms with Crippen molar-refractivity contribution in [2.45, 2.75) is 0 Å². The fourth-order valence-electron chi connectivity index (χ4n) is 0. The van der Waals surface area contributed by atoms with Crippen molar-refractivity contribution in [2.24, 2.45) is 0 Å². The van der Waals surface area contributed by atoms with E-state index in [0.717, 1.165) is 0 Å². The van der Waals surface area contributed by atoms with E-state index in [4.69, 9.17) is 25.7 Å². The van der Waals surface area contributed by atoms with Crippen LogP contribution in [0.4, 0.5) is 0 Å². The van der Waals surface area contributed by atoms with E-state index < -0.39 is 0 Å². The molecule has 0 aliphatic rings. The Morgan fingerprint density at radius 1 is 0.444 bits per heavy atom. The Morgan fingerprint density at radius 2 is 0.444 bits per heavy atom. The summed E-state index contributed by atoms with van der Waals surface area (Å²) in [6.07, 6.45) is 36.0. The van der Waals surface area contributed by atoms with E-state index in [1.807, 2.05) is 0 Å². The molecule has 0 atom stereocenters. The second kappa shape index (κ2) is 200. The first-order chi connectivity index (χ1) is 4.00. The molecular formula is C8H4Re-4. The maximum Gasteiger partial charge on any atom is 0 e. The van der Waals surface area contributed by atoms with Crippen LogP contribution in [0.25, 0.3) is 0 Å². The van der Waals surface area contributed by atoms with Crippen molar-refractivity contribution in [3.63, 3.8) is 0 Å². The smallest absolute Gasteiger partial charge is 0 e. The molecule has 0 aliphatic heterocycles. The number of rotatable bonds is 0. The van der Waals surface area contributed by atoms with Crippen molar-refractivity contribution < 1.29 is 20.4 Å². The van der Waals surface area contributed by atoms with Crippen LogP contribution in [-0.2, 0) is 20.4 Å². The molecule has 47 valence electrons. The summed E-state index contributed by atoms with van der Waals surface area (Å²) >= 11 is 0. The van der Waals surface area contributed by atoms with Crippen molar-refractivity contribution in [3.8, 4) is 25.7 Å². The minimum absolute atomic E-state index is 0. The molecule has 0 aliphatic carbocycles. The number of hydrogen-bond acceptors (Lipinski definition) is 0. The zero-order valence-corrected chi connectivity index (χ0v) is 7.40. The molecule has 0 amide bonds. The summed E-state index contributed by atoms with van der Waals surface area (Å²) in [5, 5.41) is 0. The molecule has 0 aromatic rings. The Morgan fingerprint density at radius 3 is 0.444 bits per heavy atom. The van der Waals surface area contributed by atoms with Crippen LogP contribution < -0.4 is 0 Å². The molecule has 0 heterocycles. The molecule has 0 N–H and O–H groups in total. The summed E-state index contributed by atoms with van der Waals surface area (Å²) in [5.41, 5.74) is 0. The normalized spacial score (nSPS) is 0.889. The molecule has 1 heteroatoms. The third-order valence-electron chi connectivity index (χ3n) is 0. The molecule has 0 fully saturated rings. The molecule has 0 saturated heterocycles. The van der Waals surface area contributed by atoms with Gasteiger partial charge in [-0.2, -0.15) is 0 Å². The van der Waals surface area contributed by atoms with Gasteiger partial charge in [-0.05, 0) is 0 Å². The van der Waals surface area contributed by atoms with Crippen LogP contribution in [0.15, 0.2) is 0 Å². The van der Waals surface area contributed by atoms with E-state index in [-0.39, 0.29) is 20.4 Å². The Bertz CT molecular complexity index is 47.5. The van der Waals surface area contributed by atoms with Gasteiger partial charge in [0, 0.05) is 20.4 Å². The Hall–Kier alpha value is -1.10. The largest absolute Gasteiger partial charge is 0.697 e. The van der Waals surface area contributed by atoms with Crippen molar-refractivity contribution in [1.82, 2.24) is 0 Å². The Balaban J connectivity index is -0.00000000762. The van der Waals surface area contributed by atoms with Crippen LogP contribution in [0.3, 0.4) is 0 Å². The summed E-state index contributed by atoms with van der Waals surface area (Å²) in [6, 6.07) is 0. The van der Waals surface area contributed by atoms with Gasteiger partial charge >= 0.3 is 0 Å². The quantitative estimate of drug-likeness (QED) is 0.457. The predicted octanol–water partition coefficient (Wildman–Crippen LogP) is 0.821. The van der Waals surface area contributed by atoms with Gasteiger partial charge in [-0.1, -0.05) is 0 Å². The van der Waals surface area contributed by atoms with Crippen molar-refractivity contribution in [2.75, 3.05) is 0 Å². The number of terminal acetylenes is 4. The van der Waals surface area contributed by atoms with Crippen molar-refractivity contribution in [1.29, 1.82) is 0 Å². The van der Waals surface area contributed by atoms with Crippen LogP contribution in [0, 0.1) is 51.4 Å². The zero-order chi connectivity index (χ0) is 8.00. The molecule has 0 spiro atoms. The van der Waals surface area contributed by atoms with Gasteiger partial charge in [0.05, 0.1) is 0 Å². The van der Waals surface area contributed by atoms with Gasteiger partial charge in [-0.15, -0.1) is 0 Å². The first-order valence-corrected chi connectivity index (χ1v) is 1.15.